The van der Waals surface area contributed by atoms with Gasteiger partial charge in [-0.05, 0) is 57.8 Å². The standard InChI is InChI=1S/C34H36ClF6N7O2/c1-16-12-22(42)44-28(25(16)34(39,40)41)23-26(35)30-24-29(27(23)38)45-32(50-15-33-8-4-6-20(33)47(3)10-5-9-33)46-31(24)48(11-7-21(36)37)19(14-49-30)17-13-18(17)43-2/h12,17-21H,4-11,13-15H2,1,3H3,(H2,42,44)/t17?,18?,19?,20-,33-/m1/s1. The van der Waals surface area contributed by atoms with E-state index in [1.165, 1.54) is 6.92 Å². The summed E-state index contributed by atoms with van der Waals surface area (Å²) >= 11 is 6.79. The van der Waals surface area contributed by atoms with Crippen LogP contribution in [-0.4, -0.2) is 77.8 Å². The molecule has 268 valence electrons. The first-order valence-corrected chi connectivity index (χ1v) is 17.1. The number of nitrogen functional groups attached to an aromatic ring is 1. The van der Waals surface area contributed by atoms with Crippen molar-refractivity contribution in [3.8, 4) is 23.0 Å². The second-order valence-electron chi connectivity index (χ2n) is 14.0. The van der Waals surface area contributed by atoms with E-state index in [-0.39, 0.29) is 71.5 Å². The topological polar surface area (TPSA) is 94.0 Å². The van der Waals surface area contributed by atoms with E-state index in [0.717, 1.165) is 44.7 Å². The molecule has 0 spiro atoms. The Kier molecular flexibility index (Phi) is 8.86. The second kappa shape index (κ2) is 12.8. The van der Waals surface area contributed by atoms with Crippen LogP contribution in [0.3, 0.4) is 0 Å². The van der Waals surface area contributed by atoms with Gasteiger partial charge in [0.1, 0.15) is 23.8 Å². The Morgan fingerprint density at radius 1 is 1.22 bits per heavy atom. The summed E-state index contributed by atoms with van der Waals surface area (Å²) in [6.07, 6.45) is -3.01. The zero-order valence-corrected chi connectivity index (χ0v) is 28.2. The van der Waals surface area contributed by atoms with Crippen molar-refractivity contribution in [1.82, 2.24) is 19.9 Å². The molecule has 4 aliphatic rings. The van der Waals surface area contributed by atoms with Crippen molar-refractivity contribution >= 4 is 34.1 Å². The number of halogens is 7. The van der Waals surface area contributed by atoms with Crippen LogP contribution >= 0.6 is 11.6 Å². The molecule has 2 saturated carbocycles. The number of ether oxygens (including phenoxy) is 2. The number of alkyl halides is 5. The zero-order chi connectivity index (χ0) is 35.7. The summed E-state index contributed by atoms with van der Waals surface area (Å²) in [7, 11) is 2.07. The van der Waals surface area contributed by atoms with Crippen molar-refractivity contribution < 1.29 is 35.8 Å². The summed E-state index contributed by atoms with van der Waals surface area (Å²) in [6.45, 7) is 9.49. The molecule has 9 nitrogen and oxygen atoms in total. The predicted octanol–water partition coefficient (Wildman–Crippen LogP) is 7.57. The van der Waals surface area contributed by atoms with Gasteiger partial charge in [-0.1, -0.05) is 18.0 Å². The van der Waals surface area contributed by atoms with Gasteiger partial charge >= 0.3 is 12.2 Å². The third kappa shape index (κ3) is 5.91. The number of fused-ring (bicyclic) bond motifs is 1. The number of rotatable bonds is 8. The Morgan fingerprint density at radius 2 is 1.98 bits per heavy atom. The quantitative estimate of drug-likeness (QED) is 0.188. The van der Waals surface area contributed by atoms with Crippen LogP contribution in [0.15, 0.2) is 6.07 Å². The Morgan fingerprint density at radius 3 is 2.68 bits per heavy atom. The van der Waals surface area contributed by atoms with Gasteiger partial charge in [-0.2, -0.15) is 23.1 Å². The molecule has 7 rings (SSSR count). The molecule has 0 radical (unpaired) electrons. The van der Waals surface area contributed by atoms with E-state index < -0.39 is 64.3 Å². The number of nitrogens with two attached hydrogens (primary N) is 1. The van der Waals surface area contributed by atoms with Crippen LogP contribution in [0.5, 0.6) is 11.8 Å². The molecule has 50 heavy (non-hydrogen) atoms. The van der Waals surface area contributed by atoms with E-state index in [1.807, 2.05) is 0 Å². The third-order valence-corrected chi connectivity index (χ3v) is 11.2. The minimum Gasteiger partial charge on any atom is -0.489 e. The van der Waals surface area contributed by atoms with Crippen LogP contribution in [0.25, 0.3) is 27.0 Å². The predicted molar refractivity (Wildman–Crippen MR) is 175 cm³/mol. The molecular formula is C34H36ClF6N7O2. The molecule has 2 aromatic heterocycles. The summed E-state index contributed by atoms with van der Waals surface area (Å²) < 4.78 is 100. The summed E-state index contributed by atoms with van der Waals surface area (Å²) in [5.74, 6) is -2.05. The van der Waals surface area contributed by atoms with Crippen LogP contribution in [0, 0.1) is 30.6 Å². The van der Waals surface area contributed by atoms with E-state index in [1.54, 1.807) is 4.90 Å². The highest BCUT2D eigenvalue weighted by Gasteiger charge is 2.53. The first-order valence-electron chi connectivity index (χ1n) is 16.7. The minimum absolute atomic E-state index is 0.000116. The van der Waals surface area contributed by atoms with Crippen LogP contribution < -0.4 is 20.1 Å². The van der Waals surface area contributed by atoms with Gasteiger partial charge in [0.15, 0.2) is 11.6 Å². The van der Waals surface area contributed by atoms with Gasteiger partial charge < -0.3 is 29.9 Å². The lowest BCUT2D eigenvalue weighted by Gasteiger charge is -2.44. The van der Waals surface area contributed by atoms with Gasteiger partial charge in [-0.15, -0.1) is 0 Å². The second-order valence-corrected chi connectivity index (χ2v) is 14.3. The van der Waals surface area contributed by atoms with Gasteiger partial charge in [0, 0.05) is 30.8 Å². The fourth-order valence-electron chi connectivity index (χ4n) is 8.51. The molecule has 2 aliphatic heterocycles. The molecule has 5 atom stereocenters. The monoisotopic (exact) mass is 723 g/mol. The van der Waals surface area contributed by atoms with Gasteiger partial charge in [0.2, 0.25) is 12.5 Å². The first-order chi connectivity index (χ1) is 23.7. The average molecular weight is 724 g/mol. The highest BCUT2D eigenvalue weighted by Crippen LogP contribution is 2.53. The molecule has 1 saturated heterocycles. The number of hydrogen-bond acceptors (Lipinski definition) is 8. The number of hydrogen-bond donors (Lipinski definition) is 1. The molecule has 0 bridgehead atoms. The van der Waals surface area contributed by atoms with Crippen molar-refractivity contribution in [2.24, 2.45) is 11.3 Å². The molecule has 16 heteroatoms. The van der Waals surface area contributed by atoms with Gasteiger partial charge in [0.05, 0.1) is 45.8 Å². The van der Waals surface area contributed by atoms with Crippen molar-refractivity contribution in [2.75, 3.05) is 44.0 Å². The van der Waals surface area contributed by atoms with Gasteiger partial charge in [-0.25, -0.2) is 24.7 Å². The normalized spacial score (nSPS) is 26.5. The van der Waals surface area contributed by atoms with E-state index >= 15 is 4.39 Å². The smallest absolute Gasteiger partial charge is 0.418 e. The van der Waals surface area contributed by atoms with Gasteiger partial charge in [0.25, 0.3) is 0 Å². The Hall–Kier alpha value is -3.77. The largest absolute Gasteiger partial charge is 0.489 e. The van der Waals surface area contributed by atoms with E-state index in [4.69, 9.17) is 33.4 Å². The zero-order valence-electron chi connectivity index (χ0n) is 27.5. The number of aryl methyl sites for hydroxylation is 1. The molecular weight excluding hydrogens is 688 g/mol. The fourth-order valence-corrected chi connectivity index (χ4v) is 8.84. The molecule has 3 unspecified atom stereocenters. The summed E-state index contributed by atoms with van der Waals surface area (Å²) in [6, 6.07) is -0.0231. The van der Waals surface area contributed by atoms with Crippen LogP contribution in [0.2, 0.25) is 5.02 Å². The number of likely N-dealkylation sites (tertiary alicyclic amines) is 1. The molecule has 2 N–H and O–H groups in total. The van der Waals surface area contributed by atoms with Crippen molar-refractivity contribution in [1.29, 1.82) is 0 Å². The maximum Gasteiger partial charge on any atom is 0.418 e. The molecule has 3 aromatic rings. The lowest BCUT2D eigenvalue weighted by molar-refractivity contribution is -0.137. The first kappa shape index (κ1) is 34.7. The van der Waals surface area contributed by atoms with E-state index in [9.17, 15) is 22.0 Å². The average Bonchev–Trinajstić information content (AvgIpc) is 3.73. The SMILES string of the molecule is [C-]#[N+]C1CC1C1COc2c(Cl)c(-c3nc(N)cc(C)c3C(F)(F)F)c(F)c3nc(OC[C@]45CCC[C@H]4N(C)CCC5)nc(c23)N1CCC(F)F. The van der Waals surface area contributed by atoms with E-state index in [0.29, 0.717) is 6.42 Å². The Balaban J connectivity index is 1.45. The van der Waals surface area contributed by atoms with E-state index in [2.05, 4.69) is 31.7 Å². The molecule has 2 aliphatic carbocycles. The summed E-state index contributed by atoms with van der Waals surface area (Å²) in [5, 5.41) is -0.620. The summed E-state index contributed by atoms with van der Waals surface area (Å²) in [5.41, 5.74) is 2.11. The Labute approximate surface area is 289 Å². The highest BCUT2D eigenvalue weighted by atomic mass is 35.5. The maximum absolute atomic E-state index is 17.0. The fraction of sp³-hybridized carbons (Fsp3) is 0.588. The Bertz CT molecular complexity index is 1870. The summed E-state index contributed by atoms with van der Waals surface area (Å²) in [4.78, 5) is 20.5. The molecule has 4 heterocycles. The van der Waals surface area contributed by atoms with Crippen molar-refractivity contribution in [3.63, 3.8) is 0 Å². The lowest BCUT2D eigenvalue weighted by Crippen LogP contribution is -2.50. The highest BCUT2D eigenvalue weighted by molar-refractivity contribution is 6.36. The third-order valence-electron chi connectivity index (χ3n) is 10.9. The van der Waals surface area contributed by atoms with Crippen molar-refractivity contribution in [2.45, 2.75) is 82.6 Å². The number of piperidine rings is 1. The molecule has 3 fully saturated rings. The number of pyridine rings is 1. The van der Waals surface area contributed by atoms with Crippen LogP contribution in [-0.2, 0) is 6.18 Å². The number of benzene rings is 1. The van der Waals surface area contributed by atoms with Crippen LogP contribution in [0.4, 0.5) is 38.0 Å². The maximum atomic E-state index is 17.0. The molecule has 0 amide bonds. The lowest BCUT2D eigenvalue weighted by atomic mass is 9.76. The number of nitrogens with zero attached hydrogens (tertiary/aromatic N) is 6. The minimum atomic E-state index is -4.97. The molecule has 1 aromatic carbocycles. The number of aromatic nitrogens is 3. The van der Waals surface area contributed by atoms with Gasteiger partial charge in [-0.3, -0.25) is 0 Å². The van der Waals surface area contributed by atoms with Crippen molar-refractivity contribution in [3.05, 3.63) is 39.5 Å². The van der Waals surface area contributed by atoms with Crippen LogP contribution in [0.1, 0.15) is 56.1 Å². The number of anilines is 2.